The molecule has 1 aromatic carbocycles. The van der Waals surface area contributed by atoms with Gasteiger partial charge in [0.25, 0.3) is 0 Å². The van der Waals surface area contributed by atoms with Crippen molar-refractivity contribution >= 4 is 67.5 Å². The molecule has 0 radical (unpaired) electrons. The van der Waals surface area contributed by atoms with Gasteiger partial charge in [-0.25, -0.2) is 0 Å². The molecule has 31 heavy (non-hydrogen) atoms. The van der Waals surface area contributed by atoms with Gasteiger partial charge in [-0.1, -0.05) is 0 Å². The van der Waals surface area contributed by atoms with Crippen molar-refractivity contribution in [2.45, 2.75) is 58.5 Å². The maximum absolute atomic E-state index is 12.6. The molecule has 0 spiro atoms. The van der Waals surface area contributed by atoms with Crippen LogP contribution in [0, 0.1) is 10.5 Å². The van der Waals surface area contributed by atoms with Gasteiger partial charge in [0.1, 0.15) is 0 Å². The Bertz CT molecular complexity index is 1190. The van der Waals surface area contributed by atoms with Gasteiger partial charge in [0.05, 0.1) is 0 Å². The number of rotatable bonds is 1. The Labute approximate surface area is 205 Å². The number of hydrogen-bond donors (Lipinski definition) is 1. The minimum absolute atomic E-state index is 0.0286. The molecule has 4 rings (SSSR count). The second-order valence-corrected chi connectivity index (χ2v) is 19.8. The van der Waals surface area contributed by atoms with Crippen molar-refractivity contribution in [2.75, 3.05) is 0 Å². The number of halogens is 1. The van der Waals surface area contributed by atoms with Crippen LogP contribution in [0.4, 0.5) is 5.69 Å². The second kappa shape index (κ2) is 7.40. The van der Waals surface area contributed by atoms with E-state index in [0.717, 1.165) is 22.2 Å². The van der Waals surface area contributed by atoms with Gasteiger partial charge in [-0.3, -0.25) is 0 Å². The van der Waals surface area contributed by atoms with Crippen molar-refractivity contribution in [1.29, 1.82) is 0 Å². The number of fused-ring (bicyclic) bond motifs is 2. The third kappa shape index (κ3) is 3.33. The first kappa shape index (κ1) is 23.0. The number of nitrogens with zero attached hydrogens (tertiary/aromatic N) is 1. The van der Waals surface area contributed by atoms with Crippen LogP contribution in [0.15, 0.2) is 46.6 Å². The number of phenolic OH excluding ortho intramolecular Hbond substituents is 1. The Balaban J connectivity index is 2.27. The first-order chi connectivity index (χ1) is 14.3. The number of carbonyl (C=O) groups is 1. The molecular formula is C25H28INO2SeSi. The van der Waals surface area contributed by atoms with Crippen LogP contribution in [-0.4, -0.2) is 39.2 Å². The molecule has 0 saturated carbocycles. The molecule has 2 aromatic rings. The second-order valence-electron chi connectivity index (χ2n) is 10.4. The van der Waals surface area contributed by atoms with Crippen molar-refractivity contribution in [3.05, 3.63) is 49.6 Å². The molecule has 0 unspecified atom stereocenters. The topological polar surface area (TPSA) is 49.7 Å². The molecular weight excluding hydrogens is 580 g/mol. The summed E-state index contributed by atoms with van der Waals surface area (Å²) in [5.74, 6) is 0.357. The van der Waals surface area contributed by atoms with Crippen LogP contribution in [-0.2, 0) is 4.79 Å². The van der Waals surface area contributed by atoms with Gasteiger partial charge in [-0.2, -0.15) is 0 Å². The number of hydrogen-bond acceptors (Lipinski definition) is 3. The van der Waals surface area contributed by atoms with Crippen molar-refractivity contribution < 1.29 is 9.90 Å². The van der Waals surface area contributed by atoms with E-state index in [2.05, 4.69) is 77.1 Å². The first-order valence-electron chi connectivity index (χ1n) is 10.4. The molecule has 2 heterocycles. The van der Waals surface area contributed by atoms with Gasteiger partial charge in [0, 0.05) is 0 Å². The summed E-state index contributed by atoms with van der Waals surface area (Å²) >= 11 is 2.57. The Morgan fingerprint density at radius 3 is 2.26 bits per heavy atom. The first-order valence-corrected chi connectivity index (χ1v) is 15.2. The van der Waals surface area contributed by atoms with Gasteiger partial charge < -0.3 is 0 Å². The average Bonchev–Trinajstić information content (AvgIpc) is 2.95. The van der Waals surface area contributed by atoms with E-state index in [9.17, 15) is 9.90 Å². The standard InChI is InChI=1S/C25H28INO2SeSi/c1-14-12-16(26)22(30-14)21-19(29)11-10-18-23(21)31(24(2,3)4,25(5,6)7)20-13-15(28)8-9-17(20)27-18/h8-13,29H,1-7H3. The molecule has 1 aliphatic carbocycles. The van der Waals surface area contributed by atoms with Crippen LogP contribution >= 0.6 is 22.6 Å². The van der Waals surface area contributed by atoms with Crippen LogP contribution in [0.3, 0.4) is 0 Å². The van der Waals surface area contributed by atoms with Crippen LogP contribution in [0.25, 0.3) is 10.0 Å². The number of benzene rings is 1. The zero-order valence-electron chi connectivity index (χ0n) is 19.1. The molecule has 1 aromatic heterocycles. The number of phenols is 1. The zero-order valence-corrected chi connectivity index (χ0v) is 23.9. The Kier molecular flexibility index (Phi) is 5.48. The molecule has 1 N–H and O–H groups in total. The van der Waals surface area contributed by atoms with Crippen molar-refractivity contribution in [3.63, 3.8) is 0 Å². The number of allylic oxidation sites excluding steroid dienone is 4. The third-order valence-corrected chi connectivity index (χ3v) is 17.3. The predicted octanol–water partition coefficient (Wildman–Crippen LogP) is 5.98. The SMILES string of the molecule is Cc1cc(I)c(-c2c(O)ccc3c2[Si](C(C)(C)C)(C(C)(C)C)C2=CC(=O)C=CC2=N3)[se]1. The molecule has 6 heteroatoms. The Morgan fingerprint density at radius 1 is 1.06 bits per heavy atom. The van der Waals surface area contributed by atoms with E-state index < -0.39 is 8.07 Å². The number of aryl methyl sites for hydroxylation is 1. The van der Waals surface area contributed by atoms with Gasteiger partial charge >= 0.3 is 206 Å². The molecule has 0 bridgehead atoms. The predicted molar refractivity (Wildman–Crippen MR) is 142 cm³/mol. The molecule has 1 aliphatic heterocycles. The summed E-state index contributed by atoms with van der Waals surface area (Å²) in [4.78, 5) is 17.7. The molecule has 0 saturated heterocycles. The fraction of sp³-hybridized carbons (Fsp3) is 0.360. The van der Waals surface area contributed by atoms with E-state index in [-0.39, 0.29) is 30.4 Å². The number of aromatic hydroxyl groups is 1. The Hall–Kier alpha value is -1.21. The van der Waals surface area contributed by atoms with E-state index in [0.29, 0.717) is 5.75 Å². The fourth-order valence-electron chi connectivity index (χ4n) is 5.80. The van der Waals surface area contributed by atoms with E-state index in [1.807, 2.05) is 18.2 Å². The van der Waals surface area contributed by atoms with E-state index in [1.165, 1.54) is 17.6 Å². The Morgan fingerprint density at radius 2 is 1.71 bits per heavy atom. The summed E-state index contributed by atoms with van der Waals surface area (Å²) in [7, 11) is -2.66. The van der Waals surface area contributed by atoms with E-state index >= 15 is 0 Å². The van der Waals surface area contributed by atoms with Crippen LogP contribution in [0.5, 0.6) is 5.75 Å². The van der Waals surface area contributed by atoms with Gasteiger partial charge in [-0.05, 0) is 0 Å². The third-order valence-electron chi connectivity index (χ3n) is 6.44. The van der Waals surface area contributed by atoms with Crippen molar-refractivity contribution in [3.8, 4) is 15.8 Å². The summed E-state index contributed by atoms with van der Waals surface area (Å²) < 4.78 is 3.80. The van der Waals surface area contributed by atoms with Crippen LogP contribution in [0.1, 0.15) is 46.0 Å². The fourth-order valence-corrected chi connectivity index (χ4v) is 17.5. The van der Waals surface area contributed by atoms with Gasteiger partial charge in [0.15, 0.2) is 0 Å². The molecule has 0 amide bonds. The molecule has 162 valence electrons. The monoisotopic (exact) mass is 609 g/mol. The zero-order chi connectivity index (χ0) is 22.9. The normalized spacial score (nSPS) is 17.7. The molecule has 3 nitrogen and oxygen atoms in total. The quantitative estimate of drug-likeness (QED) is 0.246. The average molecular weight is 608 g/mol. The number of carbonyl (C=O) groups excluding carboxylic acids is 1. The molecule has 0 fully saturated rings. The van der Waals surface area contributed by atoms with Gasteiger partial charge in [-0.15, -0.1) is 0 Å². The number of ketones is 1. The number of aliphatic imine (C=N–C) groups is 1. The minimum atomic E-state index is -2.66. The maximum atomic E-state index is 12.6. The van der Waals surface area contributed by atoms with Crippen LogP contribution in [0.2, 0.25) is 10.1 Å². The van der Waals surface area contributed by atoms with E-state index in [4.69, 9.17) is 4.99 Å². The van der Waals surface area contributed by atoms with Gasteiger partial charge in [0.2, 0.25) is 0 Å². The van der Waals surface area contributed by atoms with Crippen molar-refractivity contribution in [1.82, 2.24) is 0 Å². The van der Waals surface area contributed by atoms with E-state index in [1.54, 1.807) is 12.1 Å². The summed E-state index contributed by atoms with van der Waals surface area (Å²) in [5.41, 5.74) is 2.83. The summed E-state index contributed by atoms with van der Waals surface area (Å²) in [6.07, 6.45) is 5.35. The summed E-state index contributed by atoms with van der Waals surface area (Å²) in [6, 6.07) is 6.00. The molecule has 2 aliphatic rings. The molecule has 0 atom stereocenters. The van der Waals surface area contributed by atoms with Crippen molar-refractivity contribution in [2.24, 2.45) is 4.99 Å². The summed E-state index contributed by atoms with van der Waals surface area (Å²) in [6.45, 7) is 16.0. The summed E-state index contributed by atoms with van der Waals surface area (Å²) in [5, 5.41) is 13.3. The van der Waals surface area contributed by atoms with Crippen LogP contribution < -0.4 is 5.19 Å².